The smallest absolute Gasteiger partial charge is 0.333 e. The monoisotopic (exact) mass is 285 g/mol. The second kappa shape index (κ2) is 13.1. The number of rotatable bonds is 13. The van der Waals surface area contributed by atoms with Crippen LogP contribution < -0.4 is 0 Å². The molecule has 0 amide bonds. The van der Waals surface area contributed by atoms with Gasteiger partial charge in [0.15, 0.2) is 0 Å². The summed E-state index contributed by atoms with van der Waals surface area (Å²) in [5, 5.41) is 0. The van der Waals surface area contributed by atoms with Crippen LogP contribution in [-0.4, -0.2) is 50.3 Å². The van der Waals surface area contributed by atoms with Crippen LogP contribution in [0.15, 0.2) is 12.2 Å². The highest BCUT2D eigenvalue weighted by Gasteiger charge is 2.02. The van der Waals surface area contributed by atoms with Crippen molar-refractivity contribution in [1.29, 1.82) is 0 Å². The molecule has 0 aromatic rings. The van der Waals surface area contributed by atoms with Gasteiger partial charge in [-0.25, -0.2) is 4.79 Å². The van der Waals surface area contributed by atoms with E-state index in [4.69, 9.17) is 9.47 Å². The third-order valence-corrected chi connectivity index (χ3v) is 3.17. The lowest BCUT2D eigenvalue weighted by molar-refractivity contribution is -0.139. The van der Waals surface area contributed by atoms with Crippen molar-refractivity contribution in [2.75, 3.05) is 39.5 Å². The Bertz CT molecular complexity index is 262. The Morgan fingerprint density at radius 3 is 2.10 bits per heavy atom. The Morgan fingerprint density at radius 1 is 1.00 bits per heavy atom. The van der Waals surface area contributed by atoms with Gasteiger partial charge in [0.2, 0.25) is 0 Å². The van der Waals surface area contributed by atoms with Crippen molar-refractivity contribution in [1.82, 2.24) is 4.90 Å². The fourth-order valence-electron chi connectivity index (χ4n) is 1.78. The fourth-order valence-corrected chi connectivity index (χ4v) is 1.78. The van der Waals surface area contributed by atoms with Gasteiger partial charge in [-0.15, -0.1) is 0 Å². The molecule has 0 saturated heterocycles. The number of ether oxygens (including phenoxy) is 2. The van der Waals surface area contributed by atoms with Crippen molar-refractivity contribution in [3.8, 4) is 0 Å². The maximum absolute atomic E-state index is 11.1. The lowest BCUT2D eigenvalue weighted by Gasteiger charge is -2.17. The first-order chi connectivity index (χ1) is 9.61. The topological polar surface area (TPSA) is 38.8 Å². The van der Waals surface area contributed by atoms with E-state index in [-0.39, 0.29) is 5.97 Å². The molecule has 20 heavy (non-hydrogen) atoms. The summed E-state index contributed by atoms with van der Waals surface area (Å²) >= 11 is 0. The molecule has 0 bridgehead atoms. The largest absolute Gasteiger partial charge is 0.462 e. The highest BCUT2D eigenvalue weighted by atomic mass is 16.5. The molecular weight excluding hydrogens is 254 g/mol. The average Bonchev–Trinajstić information content (AvgIpc) is 2.44. The minimum Gasteiger partial charge on any atom is -0.462 e. The quantitative estimate of drug-likeness (QED) is 0.296. The van der Waals surface area contributed by atoms with Gasteiger partial charge in [0.05, 0.1) is 6.61 Å². The zero-order chi connectivity index (χ0) is 15.2. The van der Waals surface area contributed by atoms with E-state index in [9.17, 15) is 4.79 Å². The lowest BCUT2D eigenvalue weighted by atomic mass is 10.3. The number of unbranched alkanes of at least 4 members (excludes halogenated alkanes) is 2. The van der Waals surface area contributed by atoms with Crippen LogP contribution in [0.5, 0.6) is 0 Å². The summed E-state index contributed by atoms with van der Waals surface area (Å²) in [6, 6.07) is 0. The molecule has 0 aliphatic heterocycles. The molecule has 118 valence electrons. The SMILES string of the molecule is C=C(C)C(=O)OCCCCOCCCCN(CC)CC. The zero-order valence-corrected chi connectivity index (χ0v) is 13.5. The Hall–Kier alpha value is -0.870. The number of nitrogens with zero attached hydrogens (tertiary/aromatic N) is 1. The van der Waals surface area contributed by atoms with Gasteiger partial charge in [-0.05, 0) is 52.2 Å². The minimum absolute atomic E-state index is 0.303. The summed E-state index contributed by atoms with van der Waals surface area (Å²) in [4.78, 5) is 13.5. The Morgan fingerprint density at radius 2 is 1.55 bits per heavy atom. The summed E-state index contributed by atoms with van der Waals surface area (Å²) in [6.07, 6.45) is 4.08. The van der Waals surface area contributed by atoms with E-state index in [1.54, 1.807) is 6.92 Å². The molecule has 0 spiro atoms. The van der Waals surface area contributed by atoms with Gasteiger partial charge < -0.3 is 14.4 Å². The lowest BCUT2D eigenvalue weighted by Crippen LogP contribution is -2.24. The Balaban J connectivity index is 3.21. The van der Waals surface area contributed by atoms with Gasteiger partial charge in [0.1, 0.15) is 0 Å². The van der Waals surface area contributed by atoms with E-state index in [1.807, 2.05) is 0 Å². The van der Waals surface area contributed by atoms with E-state index in [0.717, 1.165) is 52.1 Å². The van der Waals surface area contributed by atoms with Crippen LogP contribution in [0.4, 0.5) is 0 Å². The highest BCUT2D eigenvalue weighted by Crippen LogP contribution is 1.99. The molecule has 0 unspecified atom stereocenters. The second-order valence-electron chi connectivity index (χ2n) is 4.97. The van der Waals surface area contributed by atoms with E-state index in [2.05, 4.69) is 25.3 Å². The van der Waals surface area contributed by atoms with E-state index in [1.165, 1.54) is 6.42 Å². The van der Waals surface area contributed by atoms with Crippen LogP contribution in [0.3, 0.4) is 0 Å². The molecule has 0 radical (unpaired) electrons. The molecular formula is C16H31NO3. The molecule has 0 heterocycles. The van der Waals surface area contributed by atoms with Crippen molar-refractivity contribution in [3.63, 3.8) is 0 Å². The van der Waals surface area contributed by atoms with Gasteiger partial charge in [-0.1, -0.05) is 20.4 Å². The normalized spacial score (nSPS) is 10.8. The highest BCUT2D eigenvalue weighted by molar-refractivity contribution is 5.86. The van der Waals surface area contributed by atoms with Crippen molar-refractivity contribution in [2.45, 2.75) is 46.5 Å². The van der Waals surface area contributed by atoms with Crippen LogP contribution in [0.1, 0.15) is 46.5 Å². The molecule has 0 saturated carbocycles. The first-order valence-corrected chi connectivity index (χ1v) is 7.74. The summed E-state index contributed by atoms with van der Waals surface area (Å²) in [5.41, 5.74) is 0.453. The zero-order valence-electron chi connectivity index (χ0n) is 13.5. The summed E-state index contributed by atoms with van der Waals surface area (Å²) in [5.74, 6) is -0.303. The van der Waals surface area contributed by atoms with Crippen molar-refractivity contribution >= 4 is 5.97 Å². The van der Waals surface area contributed by atoms with Gasteiger partial charge >= 0.3 is 5.97 Å². The molecule has 0 fully saturated rings. The van der Waals surface area contributed by atoms with E-state index < -0.39 is 0 Å². The summed E-state index contributed by atoms with van der Waals surface area (Å²) < 4.78 is 10.6. The number of esters is 1. The maximum atomic E-state index is 11.1. The number of hydrogen-bond donors (Lipinski definition) is 0. The van der Waals surface area contributed by atoms with Gasteiger partial charge in [-0.3, -0.25) is 0 Å². The fraction of sp³-hybridized carbons (Fsp3) is 0.812. The van der Waals surface area contributed by atoms with Crippen molar-refractivity contribution in [2.24, 2.45) is 0 Å². The summed E-state index contributed by atoms with van der Waals surface area (Å²) in [6.45, 7) is 15.0. The van der Waals surface area contributed by atoms with Gasteiger partial charge in [-0.2, -0.15) is 0 Å². The molecule has 4 heteroatoms. The first-order valence-electron chi connectivity index (χ1n) is 7.74. The predicted octanol–water partition coefficient (Wildman–Crippen LogP) is 3.02. The number of carbonyl (C=O) groups excluding carboxylic acids is 1. The van der Waals surface area contributed by atoms with Crippen LogP contribution in [-0.2, 0) is 14.3 Å². The van der Waals surface area contributed by atoms with Crippen LogP contribution in [0.2, 0.25) is 0 Å². The molecule has 0 aliphatic rings. The minimum atomic E-state index is -0.303. The molecule has 0 aromatic heterocycles. The van der Waals surface area contributed by atoms with Crippen molar-refractivity contribution in [3.05, 3.63) is 12.2 Å². The Kier molecular flexibility index (Phi) is 12.6. The van der Waals surface area contributed by atoms with E-state index >= 15 is 0 Å². The number of carbonyl (C=O) groups is 1. The van der Waals surface area contributed by atoms with Crippen LogP contribution >= 0.6 is 0 Å². The molecule has 4 nitrogen and oxygen atoms in total. The average molecular weight is 285 g/mol. The predicted molar refractivity (Wildman–Crippen MR) is 82.8 cm³/mol. The van der Waals surface area contributed by atoms with Gasteiger partial charge in [0.25, 0.3) is 0 Å². The third kappa shape index (κ3) is 11.0. The Labute approximate surface area is 124 Å². The number of hydrogen-bond acceptors (Lipinski definition) is 4. The maximum Gasteiger partial charge on any atom is 0.333 e. The molecule has 0 rings (SSSR count). The second-order valence-corrected chi connectivity index (χ2v) is 4.97. The molecule has 0 aliphatic carbocycles. The first kappa shape index (κ1) is 19.1. The summed E-state index contributed by atoms with van der Waals surface area (Å²) in [7, 11) is 0. The van der Waals surface area contributed by atoms with Crippen molar-refractivity contribution < 1.29 is 14.3 Å². The van der Waals surface area contributed by atoms with Crippen LogP contribution in [0.25, 0.3) is 0 Å². The van der Waals surface area contributed by atoms with E-state index in [0.29, 0.717) is 12.2 Å². The molecule has 0 atom stereocenters. The third-order valence-electron chi connectivity index (χ3n) is 3.17. The molecule has 0 aromatic carbocycles. The van der Waals surface area contributed by atoms with Gasteiger partial charge in [0, 0.05) is 18.8 Å². The van der Waals surface area contributed by atoms with Crippen LogP contribution in [0, 0.1) is 0 Å². The molecule has 0 N–H and O–H groups in total. The standard InChI is InChI=1S/C16H31NO3/c1-5-17(6-2)11-7-8-12-19-13-9-10-14-20-16(18)15(3)4/h3,5-14H2,1-2,4H3.